The van der Waals surface area contributed by atoms with Crippen molar-refractivity contribution < 1.29 is 23.4 Å². The molecule has 1 aliphatic rings. The molecular weight excluding hydrogens is 337 g/mol. The lowest BCUT2D eigenvalue weighted by Gasteiger charge is -2.26. The Labute approximate surface area is 152 Å². The van der Waals surface area contributed by atoms with Gasteiger partial charge < -0.3 is 19.1 Å². The van der Waals surface area contributed by atoms with Crippen LogP contribution in [0.15, 0.2) is 36.4 Å². The number of hydrogen-bond donors (Lipinski definition) is 0. The topological polar surface area (TPSA) is 48.0 Å². The average molecular weight is 359 g/mol. The van der Waals surface area contributed by atoms with E-state index in [1.807, 2.05) is 4.90 Å². The number of nitrogens with zero attached hydrogens (tertiary/aromatic N) is 1. The van der Waals surface area contributed by atoms with Crippen LogP contribution < -0.4 is 14.2 Å². The Kier molecular flexibility index (Phi) is 5.30. The van der Waals surface area contributed by atoms with E-state index in [2.05, 4.69) is 0 Å². The van der Waals surface area contributed by atoms with Gasteiger partial charge in [-0.3, -0.25) is 4.79 Å². The minimum atomic E-state index is -0.283. The molecule has 2 aromatic carbocycles. The maximum absolute atomic E-state index is 13.2. The summed E-state index contributed by atoms with van der Waals surface area (Å²) < 4.78 is 29.2. The lowest BCUT2D eigenvalue weighted by molar-refractivity contribution is 0.0734. The van der Waals surface area contributed by atoms with E-state index in [4.69, 9.17) is 14.2 Å². The Hall–Kier alpha value is -2.76. The number of amides is 1. The summed E-state index contributed by atoms with van der Waals surface area (Å²) in [6, 6.07) is 9.57. The van der Waals surface area contributed by atoms with Gasteiger partial charge in [-0.1, -0.05) is 12.1 Å². The van der Waals surface area contributed by atoms with Gasteiger partial charge in [-0.2, -0.15) is 0 Å². The molecule has 0 bridgehead atoms. The predicted molar refractivity (Wildman–Crippen MR) is 95.5 cm³/mol. The number of methoxy groups -OCH3 is 3. The summed E-state index contributed by atoms with van der Waals surface area (Å²) in [7, 11) is 4.55. The second-order valence-corrected chi connectivity index (χ2v) is 6.12. The first kappa shape index (κ1) is 18.0. The van der Waals surface area contributed by atoms with Crippen LogP contribution in [-0.4, -0.2) is 38.7 Å². The molecule has 0 radical (unpaired) electrons. The van der Waals surface area contributed by atoms with Crippen LogP contribution in [0.1, 0.15) is 34.8 Å². The van der Waals surface area contributed by atoms with Crippen molar-refractivity contribution in [2.45, 2.75) is 18.9 Å². The smallest absolute Gasteiger partial charge is 0.254 e. The molecule has 1 amide bonds. The van der Waals surface area contributed by atoms with Crippen LogP contribution in [0.2, 0.25) is 0 Å². The van der Waals surface area contributed by atoms with Gasteiger partial charge >= 0.3 is 0 Å². The number of rotatable bonds is 5. The van der Waals surface area contributed by atoms with Crippen molar-refractivity contribution >= 4 is 5.91 Å². The molecule has 1 aliphatic heterocycles. The van der Waals surface area contributed by atoms with E-state index in [0.29, 0.717) is 29.4 Å². The summed E-state index contributed by atoms with van der Waals surface area (Å²) in [6.07, 6.45) is 1.75. The van der Waals surface area contributed by atoms with Crippen molar-refractivity contribution in [2.75, 3.05) is 27.9 Å². The highest BCUT2D eigenvalue weighted by Crippen LogP contribution is 2.40. The Balaban J connectivity index is 1.94. The lowest BCUT2D eigenvalue weighted by Crippen LogP contribution is -2.30. The molecule has 2 aromatic rings. The van der Waals surface area contributed by atoms with Gasteiger partial charge in [0.25, 0.3) is 5.91 Å². The van der Waals surface area contributed by atoms with Gasteiger partial charge in [0.15, 0.2) is 11.5 Å². The number of hydrogen-bond acceptors (Lipinski definition) is 4. The van der Waals surface area contributed by atoms with Crippen LogP contribution in [0.25, 0.3) is 0 Å². The highest BCUT2D eigenvalue weighted by molar-refractivity contribution is 5.96. The monoisotopic (exact) mass is 359 g/mol. The fourth-order valence-corrected chi connectivity index (χ4v) is 3.41. The molecule has 1 heterocycles. The quantitative estimate of drug-likeness (QED) is 0.814. The maximum atomic E-state index is 13.2. The molecular formula is C20H22FNO4. The first-order valence-electron chi connectivity index (χ1n) is 8.45. The van der Waals surface area contributed by atoms with E-state index in [-0.39, 0.29) is 17.8 Å². The van der Waals surface area contributed by atoms with Crippen LogP contribution in [0, 0.1) is 5.82 Å². The maximum Gasteiger partial charge on any atom is 0.254 e. The van der Waals surface area contributed by atoms with Crippen molar-refractivity contribution in [3.05, 3.63) is 53.3 Å². The van der Waals surface area contributed by atoms with E-state index >= 15 is 0 Å². The summed E-state index contributed by atoms with van der Waals surface area (Å²) in [5.41, 5.74) is 1.40. The van der Waals surface area contributed by atoms with Crippen LogP contribution >= 0.6 is 0 Å². The molecule has 3 rings (SSSR count). The molecule has 6 heteroatoms. The van der Waals surface area contributed by atoms with Crippen molar-refractivity contribution in [2.24, 2.45) is 0 Å². The normalized spacial score (nSPS) is 16.5. The fraction of sp³-hybridized carbons (Fsp3) is 0.350. The van der Waals surface area contributed by atoms with Gasteiger partial charge in [-0.15, -0.1) is 0 Å². The highest BCUT2D eigenvalue weighted by Gasteiger charge is 2.31. The average Bonchev–Trinajstić information content (AvgIpc) is 3.16. The molecule has 26 heavy (non-hydrogen) atoms. The Morgan fingerprint density at radius 2 is 1.65 bits per heavy atom. The predicted octanol–water partition coefficient (Wildman–Crippen LogP) is 3.83. The van der Waals surface area contributed by atoms with E-state index in [1.165, 1.54) is 33.5 Å². The van der Waals surface area contributed by atoms with Gasteiger partial charge in [0, 0.05) is 12.1 Å². The Bertz CT molecular complexity index is 766. The summed E-state index contributed by atoms with van der Waals surface area (Å²) in [4.78, 5) is 14.9. The second kappa shape index (κ2) is 7.64. The van der Waals surface area contributed by atoms with Crippen molar-refractivity contribution in [3.8, 4) is 17.2 Å². The molecule has 0 aliphatic carbocycles. The zero-order valence-corrected chi connectivity index (χ0v) is 15.1. The van der Waals surface area contributed by atoms with Crippen LogP contribution in [0.4, 0.5) is 4.39 Å². The molecule has 0 spiro atoms. The molecule has 1 saturated heterocycles. The molecule has 0 aromatic heterocycles. The Morgan fingerprint density at radius 1 is 1.04 bits per heavy atom. The number of ether oxygens (including phenoxy) is 3. The Morgan fingerprint density at radius 3 is 2.19 bits per heavy atom. The largest absolute Gasteiger partial charge is 0.493 e. The minimum Gasteiger partial charge on any atom is -0.493 e. The third-order valence-electron chi connectivity index (χ3n) is 4.68. The van der Waals surface area contributed by atoms with Gasteiger partial charge in [0.1, 0.15) is 5.82 Å². The zero-order valence-electron chi connectivity index (χ0n) is 15.1. The van der Waals surface area contributed by atoms with Gasteiger partial charge in [-0.05, 0) is 42.7 Å². The SMILES string of the molecule is COc1cc(C(=O)N2CCC[C@H]2c2ccc(F)cc2)cc(OC)c1OC. The zero-order chi connectivity index (χ0) is 18.7. The number of benzene rings is 2. The van der Waals surface area contributed by atoms with Gasteiger partial charge in [0.05, 0.1) is 27.4 Å². The standard InChI is InChI=1S/C20H22FNO4/c1-24-17-11-14(12-18(25-2)19(17)26-3)20(23)22-10-4-5-16(22)13-6-8-15(21)9-7-13/h6-9,11-12,16H,4-5,10H2,1-3H3/t16-/m0/s1. The summed E-state index contributed by atoms with van der Waals surface area (Å²) in [6.45, 7) is 0.650. The molecule has 0 unspecified atom stereocenters. The molecule has 138 valence electrons. The van der Waals surface area contributed by atoms with E-state index in [9.17, 15) is 9.18 Å². The molecule has 1 atom stereocenters. The van der Waals surface area contributed by atoms with Crippen LogP contribution in [-0.2, 0) is 0 Å². The third kappa shape index (κ3) is 3.31. The highest BCUT2D eigenvalue weighted by atomic mass is 19.1. The second-order valence-electron chi connectivity index (χ2n) is 6.12. The number of carbonyl (C=O) groups excluding carboxylic acids is 1. The minimum absolute atomic E-state index is 0.0674. The summed E-state index contributed by atoms with van der Waals surface area (Å²) in [5, 5.41) is 0. The lowest BCUT2D eigenvalue weighted by atomic mass is 10.0. The molecule has 0 N–H and O–H groups in total. The van der Waals surface area contributed by atoms with Crippen LogP contribution in [0.3, 0.4) is 0 Å². The van der Waals surface area contributed by atoms with Gasteiger partial charge in [0.2, 0.25) is 5.75 Å². The van der Waals surface area contributed by atoms with Crippen LogP contribution in [0.5, 0.6) is 17.2 Å². The number of likely N-dealkylation sites (tertiary alicyclic amines) is 1. The van der Waals surface area contributed by atoms with Gasteiger partial charge in [-0.25, -0.2) is 4.39 Å². The van der Waals surface area contributed by atoms with Crippen molar-refractivity contribution in [1.82, 2.24) is 4.90 Å². The first-order chi connectivity index (χ1) is 12.6. The summed E-state index contributed by atoms with van der Waals surface area (Å²) >= 11 is 0. The van der Waals surface area contributed by atoms with Crippen molar-refractivity contribution in [3.63, 3.8) is 0 Å². The summed E-state index contributed by atoms with van der Waals surface area (Å²) in [5.74, 6) is 0.925. The fourth-order valence-electron chi connectivity index (χ4n) is 3.41. The van der Waals surface area contributed by atoms with E-state index in [1.54, 1.807) is 24.3 Å². The van der Waals surface area contributed by atoms with E-state index < -0.39 is 0 Å². The van der Waals surface area contributed by atoms with E-state index in [0.717, 1.165) is 18.4 Å². The third-order valence-corrected chi connectivity index (χ3v) is 4.68. The molecule has 1 fully saturated rings. The number of halogens is 1. The molecule has 5 nitrogen and oxygen atoms in total. The molecule has 0 saturated carbocycles. The number of carbonyl (C=O) groups is 1. The first-order valence-corrected chi connectivity index (χ1v) is 8.45. The van der Waals surface area contributed by atoms with Crippen molar-refractivity contribution in [1.29, 1.82) is 0 Å².